The molecule has 3 aromatic rings. The van der Waals surface area contributed by atoms with E-state index in [-0.39, 0.29) is 12.3 Å². The van der Waals surface area contributed by atoms with Crippen molar-refractivity contribution < 1.29 is 18.4 Å². The Bertz CT molecular complexity index is 853. The van der Waals surface area contributed by atoms with Crippen LogP contribution in [0.25, 0.3) is 11.5 Å². The maximum Gasteiger partial charge on any atom is 0.251 e. The SMILES string of the molecule is COc1ccccc1CNC(=O)CCc1nnc(-c2ccoc2C)o1. The fourth-order valence-electron chi connectivity index (χ4n) is 2.42. The van der Waals surface area contributed by atoms with Crippen molar-refractivity contribution in [2.75, 3.05) is 7.11 Å². The van der Waals surface area contributed by atoms with Gasteiger partial charge in [-0.1, -0.05) is 18.2 Å². The smallest absolute Gasteiger partial charge is 0.251 e. The lowest BCUT2D eigenvalue weighted by molar-refractivity contribution is -0.121. The van der Waals surface area contributed by atoms with Crippen molar-refractivity contribution in [3.63, 3.8) is 0 Å². The lowest BCUT2D eigenvalue weighted by atomic mass is 10.2. The van der Waals surface area contributed by atoms with Crippen LogP contribution in [0.15, 0.2) is 45.4 Å². The molecule has 0 bridgehead atoms. The van der Waals surface area contributed by atoms with E-state index in [9.17, 15) is 4.79 Å². The number of furan rings is 1. The molecule has 0 spiro atoms. The van der Waals surface area contributed by atoms with Crippen LogP contribution in [0.5, 0.6) is 5.75 Å². The van der Waals surface area contributed by atoms with E-state index < -0.39 is 0 Å². The molecule has 0 saturated heterocycles. The number of hydrogen-bond acceptors (Lipinski definition) is 6. The van der Waals surface area contributed by atoms with Gasteiger partial charge in [0.05, 0.1) is 18.9 Å². The number of hydrogen-bond donors (Lipinski definition) is 1. The Morgan fingerprint density at radius 3 is 2.84 bits per heavy atom. The summed E-state index contributed by atoms with van der Waals surface area (Å²) in [6.07, 6.45) is 2.21. The zero-order valence-electron chi connectivity index (χ0n) is 14.1. The molecule has 1 N–H and O–H groups in total. The largest absolute Gasteiger partial charge is 0.496 e. The number of ether oxygens (including phenoxy) is 1. The second-order valence-electron chi connectivity index (χ2n) is 5.48. The Hall–Kier alpha value is -3.09. The summed E-state index contributed by atoms with van der Waals surface area (Å²) < 4.78 is 16.1. The average molecular weight is 341 g/mol. The minimum Gasteiger partial charge on any atom is -0.496 e. The van der Waals surface area contributed by atoms with Crippen LogP contribution in [-0.4, -0.2) is 23.2 Å². The molecule has 0 unspecified atom stereocenters. The first-order chi connectivity index (χ1) is 12.2. The van der Waals surface area contributed by atoms with Crippen LogP contribution in [0.4, 0.5) is 0 Å². The Morgan fingerprint density at radius 2 is 2.08 bits per heavy atom. The molecule has 130 valence electrons. The highest BCUT2D eigenvalue weighted by atomic mass is 16.5. The molecule has 0 aliphatic carbocycles. The number of amides is 1. The third kappa shape index (κ3) is 4.06. The molecule has 25 heavy (non-hydrogen) atoms. The van der Waals surface area contributed by atoms with Gasteiger partial charge < -0.3 is 18.9 Å². The van der Waals surface area contributed by atoms with Crippen LogP contribution >= 0.6 is 0 Å². The molecule has 0 saturated carbocycles. The van der Waals surface area contributed by atoms with Gasteiger partial charge in [-0.3, -0.25) is 4.79 Å². The highest BCUT2D eigenvalue weighted by molar-refractivity contribution is 5.76. The zero-order chi connectivity index (χ0) is 17.6. The fourth-order valence-corrected chi connectivity index (χ4v) is 2.42. The molecule has 0 radical (unpaired) electrons. The maximum absolute atomic E-state index is 12.0. The summed E-state index contributed by atoms with van der Waals surface area (Å²) in [6, 6.07) is 9.34. The van der Waals surface area contributed by atoms with E-state index in [1.54, 1.807) is 19.4 Å². The van der Waals surface area contributed by atoms with E-state index in [1.807, 2.05) is 31.2 Å². The third-order valence-corrected chi connectivity index (χ3v) is 3.79. The minimum atomic E-state index is -0.0925. The summed E-state index contributed by atoms with van der Waals surface area (Å²) in [4.78, 5) is 12.0. The minimum absolute atomic E-state index is 0.0925. The van der Waals surface area contributed by atoms with Gasteiger partial charge in [-0.05, 0) is 19.1 Å². The number of benzene rings is 1. The van der Waals surface area contributed by atoms with Gasteiger partial charge in [-0.2, -0.15) is 0 Å². The molecular formula is C18H19N3O4. The van der Waals surface area contributed by atoms with E-state index in [2.05, 4.69) is 15.5 Å². The first-order valence-corrected chi connectivity index (χ1v) is 7.93. The predicted octanol–water partition coefficient (Wildman–Crippen LogP) is 2.90. The second-order valence-corrected chi connectivity index (χ2v) is 5.48. The molecule has 2 aromatic heterocycles. The van der Waals surface area contributed by atoms with Crippen molar-refractivity contribution in [3.05, 3.63) is 53.8 Å². The molecule has 2 heterocycles. The van der Waals surface area contributed by atoms with Crippen LogP contribution in [0.2, 0.25) is 0 Å². The van der Waals surface area contributed by atoms with Gasteiger partial charge in [-0.15, -0.1) is 10.2 Å². The fraction of sp³-hybridized carbons (Fsp3) is 0.278. The second kappa shape index (κ2) is 7.65. The summed E-state index contributed by atoms with van der Waals surface area (Å²) in [5, 5.41) is 10.8. The molecular weight excluding hydrogens is 322 g/mol. The van der Waals surface area contributed by atoms with Crippen LogP contribution in [0.1, 0.15) is 23.6 Å². The standard InChI is InChI=1S/C18H19N3O4/c1-12-14(9-10-24-12)18-21-20-17(25-18)8-7-16(22)19-11-13-5-3-4-6-15(13)23-2/h3-6,9-10H,7-8,11H2,1-2H3,(H,19,22). The van der Waals surface area contributed by atoms with Gasteiger partial charge >= 0.3 is 0 Å². The number of aryl methyl sites for hydroxylation is 2. The molecule has 0 aliphatic rings. The number of carbonyl (C=O) groups excluding carboxylic acids is 1. The highest BCUT2D eigenvalue weighted by Gasteiger charge is 2.14. The first kappa shape index (κ1) is 16.8. The summed E-state index contributed by atoms with van der Waals surface area (Å²) in [5.74, 6) is 2.19. The summed E-state index contributed by atoms with van der Waals surface area (Å²) in [7, 11) is 1.61. The van der Waals surface area contributed by atoms with Gasteiger partial charge in [-0.25, -0.2) is 0 Å². The van der Waals surface area contributed by atoms with Crippen molar-refractivity contribution in [2.45, 2.75) is 26.3 Å². The number of rotatable bonds is 7. The number of nitrogens with zero attached hydrogens (tertiary/aromatic N) is 2. The number of aromatic nitrogens is 2. The van der Waals surface area contributed by atoms with Gasteiger partial charge in [0, 0.05) is 24.9 Å². The van der Waals surface area contributed by atoms with Crippen molar-refractivity contribution in [2.24, 2.45) is 0 Å². The summed E-state index contributed by atoms with van der Waals surface area (Å²) in [5.41, 5.74) is 1.69. The Balaban J connectivity index is 1.51. The van der Waals surface area contributed by atoms with Crippen molar-refractivity contribution in [1.82, 2.24) is 15.5 Å². The molecule has 0 atom stereocenters. The van der Waals surface area contributed by atoms with E-state index in [1.165, 1.54) is 0 Å². The van der Waals surface area contributed by atoms with Crippen molar-refractivity contribution >= 4 is 5.91 Å². The van der Waals surface area contributed by atoms with Crippen molar-refractivity contribution in [1.29, 1.82) is 0 Å². The van der Waals surface area contributed by atoms with E-state index in [0.29, 0.717) is 30.5 Å². The number of nitrogens with one attached hydrogen (secondary N) is 1. The normalized spacial score (nSPS) is 10.6. The van der Waals surface area contributed by atoms with Crippen LogP contribution in [-0.2, 0) is 17.8 Å². The molecule has 7 nitrogen and oxygen atoms in total. The quantitative estimate of drug-likeness (QED) is 0.710. The lowest BCUT2D eigenvalue weighted by Gasteiger charge is -2.09. The van der Waals surface area contributed by atoms with Crippen molar-refractivity contribution in [3.8, 4) is 17.2 Å². The topological polar surface area (TPSA) is 90.4 Å². The molecule has 7 heteroatoms. The molecule has 3 rings (SSSR count). The first-order valence-electron chi connectivity index (χ1n) is 7.93. The average Bonchev–Trinajstić information content (AvgIpc) is 3.26. The molecule has 1 amide bonds. The number of methoxy groups -OCH3 is 1. The van der Waals surface area contributed by atoms with Crippen LogP contribution in [0, 0.1) is 6.92 Å². The Labute approximate surface area is 145 Å². The van der Waals surface area contributed by atoms with E-state index in [4.69, 9.17) is 13.6 Å². The molecule has 0 fully saturated rings. The summed E-state index contributed by atoms with van der Waals surface area (Å²) >= 11 is 0. The highest BCUT2D eigenvalue weighted by Crippen LogP contribution is 2.23. The van der Waals surface area contributed by atoms with Crippen LogP contribution < -0.4 is 10.1 Å². The zero-order valence-corrected chi connectivity index (χ0v) is 14.1. The maximum atomic E-state index is 12.0. The molecule has 0 aliphatic heterocycles. The lowest BCUT2D eigenvalue weighted by Crippen LogP contribution is -2.23. The van der Waals surface area contributed by atoms with Gasteiger partial charge in [0.15, 0.2) is 0 Å². The van der Waals surface area contributed by atoms with Gasteiger partial charge in [0.2, 0.25) is 11.8 Å². The van der Waals surface area contributed by atoms with Crippen LogP contribution in [0.3, 0.4) is 0 Å². The third-order valence-electron chi connectivity index (χ3n) is 3.79. The molecule has 1 aromatic carbocycles. The predicted molar refractivity (Wildman–Crippen MR) is 89.9 cm³/mol. The summed E-state index contributed by atoms with van der Waals surface area (Å²) in [6.45, 7) is 2.23. The monoisotopic (exact) mass is 341 g/mol. The van der Waals surface area contributed by atoms with Gasteiger partial charge in [0.1, 0.15) is 11.5 Å². The Morgan fingerprint density at radius 1 is 1.24 bits per heavy atom. The number of para-hydroxylation sites is 1. The van der Waals surface area contributed by atoms with Gasteiger partial charge in [0.25, 0.3) is 5.89 Å². The Kier molecular flexibility index (Phi) is 5.13. The number of carbonyl (C=O) groups is 1. The van der Waals surface area contributed by atoms with E-state index >= 15 is 0 Å². The van der Waals surface area contributed by atoms with E-state index in [0.717, 1.165) is 16.9 Å².